The molecule has 0 bridgehead atoms. The van der Waals surface area contributed by atoms with Crippen LogP contribution in [-0.2, 0) is 7.05 Å². The molecule has 1 aliphatic rings. The fourth-order valence-corrected chi connectivity index (χ4v) is 3.62. The largest absolute Gasteiger partial charge is 0.360 e. The van der Waals surface area contributed by atoms with Gasteiger partial charge in [0.05, 0.1) is 5.69 Å². The fraction of sp³-hybridized carbons (Fsp3) is 0.538. The molecule has 7 heteroatoms. The van der Waals surface area contributed by atoms with Crippen molar-refractivity contribution in [2.75, 3.05) is 18.0 Å². The summed E-state index contributed by atoms with van der Waals surface area (Å²) in [7, 11) is 1.98. The lowest BCUT2D eigenvalue weighted by molar-refractivity contribution is 0.481. The minimum Gasteiger partial charge on any atom is -0.360 e. The molecule has 0 aliphatic carbocycles. The third kappa shape index (κ3) is 2.16. The monoisotopic (exact) mass is 288 g/mol. The van der Waals surface area contributed by atoms with Crippen LogP contribution in [0, 0.1) is 18.3 Å². The lowest BCUT2D eigenvalue weighted by Gasteiger charge is -2.32. The number of hydrogen-bond acceptors (Lipinski definition) is 6. The maximum absolute atomic E-state index is 9.28. The van der Waals surface area contributed by atoms with E-state index in [4.69, 9.17) is 0 Å². The van der Waals surface area contributed by atoms with E-state index in [-0.39, 0.29) is 0 Å². The van der Waals surface area contributed by atoms with Gasteiger partial charge in [0.25, 0.3) is 0 Å². The molecule has 3 heterocycles. The van der Waals surface area contributed by atoms with E-state index in [0.717, 1.165) is 42.5 Å². The molecular formula is C13H16N6S. The average Bonchev–Trinajstić information content (AvgIpc) is 3.04. The van der Waals surface area contributed by atoms with Crippen molar-refractivity contribution in [1.82, 2.24) is 19.1 Å². The normalized spacial score (nSPS) is 19.1. The first-order chi connectivity index (χ1) is 9.70. The first kappa shape index (κ1) is 13.1. The van der Waals surface area contributed by atoms with Gasteiger partial charge in [0.15, 0.2) is 0 Å². The van der Waals surface area contributed by atoms with Gasteiger partial charge in [0, 0.05) is 26.1 Å². The highest BCUT2D eigenvalue weighted by Crippen LogP contribution is 2.34. The van der Waals surface area contributed by atoms with Crippen molar-refractivity contribution < 1.29 is 0 Å². The Morgan fingerprint density at radius 3 is 3.05 bits per heavy atom. The maximum atomic E-state index is 9.28. The third-order valence-corrected chi connectivity index (χ3v) is 4.78. The Balaban J connectivity index is 1.86. The van der Waals surface area contributed by atoms with Gasteiger partial charge in [-0.3, -0.25) is 0 Å². The van der Waals surface area contributed by atoms with Crippen molar-refractivity contribution in [3.63, 3.8) is 0 Å². The van der Waals surface area contributed by atoms with Crippen molar-refractivity contribution in [1.29, 1.82) is 5.26 Å². The molecule has 0 aromatic carbocycles. The van der Waals surface area contributed by atoms with Crippen LogP contribution in [0.25, 0.3) is 0 Å². The summed E-state index contributed by atoms with van der Waals surface area (Å²) >= 11 is 1.42. The Morgan fingerprint density at radius 1 is 1.50 bits per heavy atom. The summed E-state index contributed by atoms with van der Waals surface area (Å²) in [5.41, 5.74) is 1.54. The Morgan fingerprint density at radius 2 is 2.35 bits per heavy atom. The smallest absolute Gasteiger partial charge is 0.137 e. The molecule has 0 spiro atoms. The minimum absolute atomic E-state index is 0.366. The second-order valence-electron chi connectivity index (χ2n) is 5.15. The van der Waals surface area contributed by atoms with Gasteiger partial charge in [-0.1, -0.05) is 0 Å². The van der Waals surface area contributed by atoms with Crippen molar-refractivity contribution >= 4 is 16.5 Å². The highest BCUT2D eigenvalue weighted by atomic mass is 32.1. The van der Waals surface area contributed by atoms with Crippen LogP contribution in [0.15, 0.2) is 6.33 Å². The van der Waals surface area contributed by atoms with Gasteiger partial charge in [-0.15, -0.1) is 10.2 Å². The van der Waals surface area contributed by atoms with Crippen LogP contribution in [0.2, 0.25) is 0 Å². The minimum atomic E-state index is 0.366. The SMILES string of the molecule is Cc1nsc(N2CCC[C@H](c3nncn3C)C2)c1C#N. The first-order valence-corrected chi connectivity index (χ1v) is 7.43. The number of nitrogens with zero attached hydrogens (tertiary/aromatic N) is 6. The van der Waals surface area contributed by atoms with Crippen LogP contribution < -0.4 is 4.90 Å². The van der Waals surface area contributed by atoms with Crippen molar-refractivity contribution in [2.45, 2.75) is 25.7 Å². The number of hydrogen-bond donors (Lipinski definition) is 0. The second-order valence-corrected chi connectivity index (χ2v) is 5.90. The Kier molecular flexibility index (Phi) is 3.40. The summed E-state index contributed by atoms with van der Waals surface area (Å²) in [6, 6.07) is 2.28. The van der Waals surface area contributed by atoms with E-state index in [1.807, 2.05) is 18.5 Å². The highest BCUT2D eigenvalue weighted by molar-refractivity contribution is 7.10. The van der Waals surface area contributed by atoms with Gasteiger partial charge in [-0.25, -0.2) is 0 Å². The maximum Gasteiger partial charge on any atom is 0.137 e. The second kappa shape index (κ2) is 5.21. The predicted octanol–water partition coefficient (Wildman–Crippen LogP) is 1.84. The fourth-order valence-electron chi connectivity index (χ4n) is 2.74. The zero-order chi connectivity index (χ0) is 14.1. The summed E-state index contributed by atoms with van der Waals surface area (Å²) in [5, 5.41) is 18.5. The zero-order valence-corrected chi connectivity index (χ0v) is 12.4. The Labute approximate surface area is 121 Å². The van der Waals surface area contributed by atoms with Gasteiger partial charge in [0.2, 0.25) is 0 Å². The molecule has 3 rings (SSSR count). The summed E-state index contributed by atoms with van der Waals surface area (Å²) in [5.74, 6) is 1.39. The molecule has 6 nitrogen and oxygen atoms in total. The van der Waals surface area contributed by atoms with E-state index in [2.05, 4.69) is 25.5 Å². The van der Waals surface area contributed by atoms with Crippen molar-refractivity contribution in [2.24, 2.45) is 7.05 Å². The van der Waals surface area contributed by atoms with Crippen LogP contribution in [0.1, 0.15) is 35.8 Å². The number of rotatable bonds is 2. The van der Waals surface area contributed by atoms with Crippen LogP contribution in [-0.4, -0.2) is 32.2 Å². The van der Waals surface area contributed by atoms with Gasteiger partial charge in [-0.05, 0) is 31.3 Å². The molecule has 1 saturated heterocycles. The van der Waals surface area contributed by atoms with Crippen LogP contribution in [0.5, 0.6) is 0 Å². The summed E-state index contributed by atoms with van der Waals surface area (Å²) in [6.07, 6.45) is 3.95. The molecule has 1 aliphatic heterocycles. The highest BCUT2D eigenvalue weighted by Gasteiger charge is 2.27. The molecule has 0 saturated carbocycles. The van der Waals surface area contributed by atoms with Gasteiger partial charge >= 0.3 is 0 Å². The molecule has 2 aromatic heterocycles. The number of anilines is 1. The molecule has 0 radical (unpaired) electrons. The molecule has 1 fully saturated rings. The summed E-state index contributed by atoms with van der Waals surface area (Å²) < 4.78 is 6.30. The number of aromatic nitrogens is 4. The standard InChI is InChI=1S/C13H16N6S/c1-9-11(6-14)13(20-17-9)19-5-3-4-10(7-19)12-16-15-8-18(12)2/h8,10H,3-5,7H2,1-2H3/t10-/m0/s1. The lowest BCUT2D eigenvalue weighted by atomic mass is 9.97. The molecule has 104 valence electrons. The van der Waals surface area contributed by atoms with E-state index in [0.29, 0.717) is 11.5 Å². The quantitative estimate of drug-likeness (QED) is 0.843. The number of nitriles is 1. The average molecular weight is 288 g/mol. The number of piperidine rings is 1. The lowest BCUT2D eigenvalue weighted by Crippen LogP contribution is -2.35. The third-order valence-electron chi connectivity index (χ3n) is 3.78. The predicted molar refractivity (Wildman–Crippen MR) is 76.8 cm³/mol. The topological polar surface area (TPSA) is 70.6 Å². The van der Waals surface area contributed by atoms with Crippen LogP contribution in [0.3, 0.4) is 0 Å². The van der Waals surface area contributed by atoms with E-state index in [9.17, 15) is 5.26 Å². The van der Waals surface area contributed by atoms with Gasteiger partial charge in [0.1, 0.15) is 28.8 Å². The van der Waals surface area contributed by atoms with Crippen LogP contribution in [0.4, 0.5) is 5.00 Å². The molecule has 0 unspecified atom stereocenters. The molecular weight excluding hydrogens is 272 g/mol. The number of aryl methyl sites for hydroxylation is 2. The van der Waals surface area contributed by atoms with Gasteiger partial charge in [-0.2, -0.15) is 9.64 Å². The summed E-state index contributed by atoms with van der Waals surface area (Å²) in [6.45, 7) is 3.75. The van der Waals surface area contributed by atoms with Crippen molar-refractivity contribution in [3.05, 3.63) is 23.4 Å². The van der Waals surface area contributed by atoms with Crippen molar-refractivity contribution in [3.8, 4) is 6.07 Å². The van der Waals surface area contributed by atoms with Gasteiger partial charge < -0.3 is 9.47 Å². The Hall–Kier alpha value is -1.94. The molecule has 0 amide bonds. The first-order valence-electron chi connectivity index (χ1n) is 6.66. The van der Waals surface area contributed by atoms with E-state index >= 15 is 0 Å². The molecule has 1 atom stereocenters. The molecule has 0 N–H and O–H groups in total. The van der Waals surface area contributed by atoms with E-state index < -0.39 is 0 Å². The summed E-state index contributed by atoms with van der Waals surface area (Å²) in [4.78, 5) is 2.27. The zero-order valence-electron chi connectivity index (χ0n) is 11.6. The van der Waals surface area contributed by atoms with E-state index in [1.54, 1.807) is 6.33 Å². The van der Waals surface area contributed by atoms with Crippen LogP contribution >= 0.6 is 11.5 Å². The Bertz CT molecular complexity index is 652. The van der Waals surface area contributed by atoms with E-state index in [1.165, 1.54) is 11.5 Å². The molecule has 20 heavy (non-hydrogen) atoms. The molecule has 2 aromatic rings.